The van der Waals surface area contributed by atoms with E-state index in [-0.39, 0.29) is 24.5 Å². The molecule has 0 spiro atoms. The van der Waals surface area contributed by atoms with Crippen molar-refractivity contribution in [2.24, 2.45) is 0 Å². The first kappa shape index (κ1) is 14.3. The van der Waals surface area contributed by atoms with E-state index in [1.54, 1.807) is 0 Å². The Kier molecular flexibility index (Phi) is 5.27. The zero-order valence-corrected chi connectivity index (χ0v) is 10.2. The predicted molar refractivity (Wildman–Crippen MR) is 59.9 cm³/mol. The SMILES string of the molecule is CC(C)NC1CCCN(CC(O)C(F)F)C1=O. The van der Waals surface area contributed by atoms with Crippen LogP contribution in [0.5, 0.6) is 0 Å². The van der Waals surface area contributed by atoms with Crippen LogP contribution in [0.1, 0.15) is 26.7 Å². The van der Waals surface area contributed by atoms with E-state index in [1.165, 1.54) is 4.90 Å². The van der Waals surface area contributed by atoms with Gasteiger partial charge < -0.3 is 15.3 Å². The summed E-state index contributed by atoms with van der Waals surface area (Å²) in [5.74, 6) is -0.190. The summed E-state index contributed by atoms with van der Waals surface area (Å²) in [6.07, 6.45) is -3.07. The molecule has 2 unspecified atom stereocenters. The second-order valence-electron chi connectivity index (χ2n) is 4.70. The maximum atomic E-state index is 12.2. The van der Waals surface area contributed by atoms with Gasteiger partial charge in [-0.1, -0.05) is 13.8 Å². The van der Waals surface area contributed by atoms with Crippen LogP contribution < -0.4 is 5.32 Å². The number of β-amino-alcohol motifs (C(OH)–C–C–N with tert-alkyl or cyclic N) is 1. The fourth-order valence-corrected chi connectivity index (χ4v) is 1.98. The number of alkyl halides is 2. The molecule has 0 saturated carbocycles. The van der Waals surface area contributed by atoms with Gasteiger partial charge in [0.05, 0.1) is 12.6 Å². The average molecular weight is 250 g/mol. The summed E-state index contributed by atoms with van der Waals surface area (Å²) in [5, 5.41) is 12.2. The molecule has 17 heavy (non-hydrogen) atoms. The lowest BCUT2D eigenvalue weighted by Crippen LogP contribution is -2.54. The van der Waals surface area contributed by atoms with Crippen molar-refractivity contribution in [3.63, 3.8) is 0 Å². The number of hydrogen-bond donors (Lipinski definition) is 2. The summed E-state index contributed by atoms with van der Waals surface area (Å²) in [7, 11) is 0. The van der Waals surface area contributed by atoms with Crippen LogP contribution in [0, 0.1) is 0 Å². The van der Waals surface area contributed by atoms with Crippen LogP contribution in [0.4, 0.5) is 8.78 Å². The normalized spacial score (nSPS) is 23.6. The maximum Gasteiger partial charge on any atom is 0.265 e. The lowest BCUT2D eigenvalue weighted by Gasteiger charge is -2.34. The Labute approximate surface area is 100.0 Å². The van der Waals surface area contributed by atoms with Crippen molar-refractivity contribution in [3.8, 4) is 0 Å². The van der Waals surface area contributed by atoms with Crippen molar-refractivity contribution < 1.29 is 18.7 Å². The van der Waals surface area contributed by atoms with Gasteiger partial charge in [-0.15, -0.1) is 0 Å². The van der Waals surface area contributed by atoms with Crippen molar-refractivity contribution in [2.75, 3.05) is 13.1 Å². The fraction of sp³-hybridized carbons (Fsp3) is 0.909. The van der Waals surface area contributed by atoms with E-state index in [4.69, 9.17) is 5.11 Å². The molecular formula is C11H20F2N2O2. The number of amides is 1. The molecule has 0 aromatic rings. The Morgan fingerprint density at radius 2 is 2.18 bits per heavy atom. The Balaban J connectivity index is 2.53. The van der Waals surface area contributed by atoms with Gasteiger partial charge in [0, 0.05) is 12.6 Å². The van der Waals surface area contributed by atoms with Crippen LogP contribution in [0.3, 0.4) is 0 Å². The number of aliphatic hydroxyl groups excluding tert-OH is 1. The average Bonchev–Trinajstić information content (AvgIpc) is 2.23. The number of piperidine rings is 1. The molecule has 1 aliphatic heterocycles. The van der Waals surface area contributed by atoms with Gasteiger partial charge >= 0.3 is 0 Å². The van der Waals surface area contributed by atoms with Crippen molar-refractivity contribution in [3.05, 3.63) is 0 Å². The van der Waals surface area contributed by atoms with E-state index in [0.717, 1.165) is 12.8 Å². The summed E-state index contributed by atoms with van der Waals surface area (Å²) in [6.45, 7) is 4.02. The number of rotatable bonds is 5. The van der Waals surface area contributed by atoms with Gasteiger partial charge in [0.2, 0.25) is 5.91 Å². The highest BCUT2D eigenvalue weighted by atomic mass is 19.3. The third-order valence-electron chi connectivity index (χ3n) is 2.76. The lowest BCUT2D eigenvalue weighted by atomic mass is 10.0. The van der Waals surface area contributed by atoms with Gasteiger partial charge in [0.15, 0.2) is 0 Å². The second-order valence-corrected chi connectivity index (χ2v) is 4.70. The number of likely N-dealkylation sites (tertiary alicyclic amines) is 1. The molecule has 0 aromatic heterocycles. The quantitative estimate of drug-likeness (QED) is 0.751. The zero-order valence-electron chi connectivity index (χ0n) is 10.2. The van der Waals surface area contributed by atoms with E-state index >= 15 is 0 Å². The zero-order chi connectivity index (χ0) is 13.0. The molecule has 0 aliphatic carbocycles. The van der Waals surface area contributed by atoms with E-state index in [1.807, 2.05) is 13.8 Å². The number of carbonyl (C=O) groups excluding carboxylic acids is 1. The summed E-state index contributed by atoms with van der Waals surface area (Å²) in [4.78, 5) is 13.2. The standard InChI is InChI=1S/C11H20F2N2O2/c1-7(2)14-8-4-3-5-15(11(8)17)6-9(16)10(12)13/h7-10,14,16H,3-6H2,1-2H3. The Bertz CT molecular complexity index is 262. The molecule has 1 rings (SSSR count). The Morgan fingerprint density at radius 1 is 1.53 bits per heavy atom. The molecule has 1 amide bonds. The van der Waals surface area contributed by atoms with Gasteiger partial charge in [-0.2, -0.15) is 0 Å². The van der Waals surface area contributed by atoms with E-state index in [0.29, 0.717) is 6.54 Å². The highest BCUT2D eigenvalue weighted by Crippen LogP contribution is 2.14. The number of hydrogen-bond acceptors (Lipinski definition) is 3. The summed E-state index contributed by atoms with van der Waals surface area (Å²) in [5.41, 5.74) is 0. The monoisotopic (exact) mass is 250 g/mol. The minimum absolute atomic E-state index is 0.170. The number of nitrogens with one attached hydrogen (secondary N) is 1. The van der Waals surface area contributed by atoms with Gasteiger partial charge in [0.1, 0.15) is 6.10 Å². The molecule has 1 fully saturated rings. The summed E-state index contributed by atoms with van der Waals surface area (Å²) >= 11 is 0. The third kappa shape index (κ3) is 4.20. The Morgan fingerprint density at radius 3 is 2.71 bits per heavy atom. The molecule has 2 atom stereocenters. The minimum atomic E-state index is -2.80. The first-order chi connectivity index (χ1) is 7.91. The maximum absolute atomic E-state index is 12.2. The lowest BCUT2D eigenvalue weighted by molar-refractivity contribution is -0.139. The molecule has 4 nitrogen and oxygen atoms in total. The second kappa shape index (κ2) is 6.26. The molecular weight excluding hydrogens is 230 g/mol. The van der Waals surface area contributed by atoms with Crippen LogP contribution >= 0.6 is 0 Å². The van der Waals surface area contributed by atoms with E-state index in [9.17, 15) is 13.6 Å². The largest absolute Gasteiger partial charge is 0.385 e. The van der Waals surface area contributed by atoms with Crippen LogP contribution in [0.25, 0.3) is 0 Å². The third-order valence-corrected chi connectivity index (χ3v) is 2.76. The topological polar surface area (TPSA) is 52.6 Å². The van der Waals surface area contributed by atoms with Crippen molar-refractivity contribution in [1.82, 2.24) is 10.2 Å². The summed E-state index contributed by atoms with van der Waals surface area (Å²) in [6, 6.07) is -0.141. The van der Waals surface area contributed by atoms with Crippen LogP contribution in [-0.2, 0) is 4.79 Å². The summed E-state index contributed by atoms with van der Waals surface area (Å²) < 4.78 is 24.4. The van der Waals surface area contributed by atoms with Crippen molar-refractivity contribution in [1.29, 1.82) is 0 Å². The molecule has 0 aromatic carbocycles. The molecule has 1 heterocycles. The van der Waals surface area contributed by atoms with E-state index < -0.39 is 12.5 Å². The van der Waals surface area contributed by atoms with Crippen molar-refractivity contribution in [2.45, 2.75) is 51.3 Å². The van der Waals surface area contributed by atoms with Crippen molar-refractivity contribution >= 4 is 5.91 Å². The van der Waals surface area contributed by atoms with E-state index in [2.05, 4.69) is 5.32 Å². The van der Waals surface area contributed by atoms with Gasteiger partial charge in [-0.3, -0.25) is 4.79 Å². The smallest absolute Gasteiger partial charge is 0.265 e. The molecule has 0 bridgehead atoms. The number of aliphatic hydroxyl groups is 1. The highest BCUT2D eigenvalue weighted by molar-refractivity contribution is 5.82. The molecule has 2 N–H and O–H groups in total. The van der Waals surface area contributed by atoms with Gasteiger partial charge in [0.25, 0.3) is 6.43 Å². The van der Waals surface area contributed by atoms with Crippen LogP contribution in [0.15, 0.2) is 0 Å². The Hall–Kier alpha value is -0.750. The van der Waals surface area contributed by atoms with Crippen LogP contribution in [-0.4, -0.2) is 53.6 Å². The number of carbonyl (C=O) groups is 1. The highest BCUT2D eigenvalue weighted by Gasteiger charge is 2.31. The molecule has 0 radical (unpaired) electrons. The first-order valence-electron chi connectivity index (χ1n) is 5.93. The molecule has 6 heteroatoms. The van der Waals surface area contributed by atoms with Gasteiger partial charge in [-0.25, -0.2) is 8.78 Å². The van der Waals surface area contributed by atoms with Gasteiger partial charge in [-0.05, 0) is 12.8 Å². The number of halogens is 2. The predicted octanol–water partition coefficient (Wildman–Crippen LogP) is 0.601. The van der Waals surface area contributed by atoms with Crippen LogP contribution in [0.2, 0.25) is 0 Å². The first-order valence-corrected chi connectivity index (χ1v) is 5.93. The molecule has 1 saturated heterocycles. The minimum Gasteiger partial charge on any atom is -0.385 e. The number of nitrogens with zero attached hydrogens (tertiary/aromatic N) is 1. The molecule has 1 aliphatic rings. The fourth-order valence-electron chi connectivity index (χ4n) is 1.98. The molecule has 100 valence electrons.